The van der Waals surface area contributed by atoms with Gasteiger partial charge in [-0.15, -0.1) is 6.58 Å². The zero-order chi connectivity index (χ0) is 11.8. The number of carbonyl (C=O) groups excluding carboxylic acids is 2. The summed E-state index contributed by atoms with van der Waals surface area (Å²) in [6, 6.07) is -0.806. The molecule has 0 fully saturated rings. The summed E-state index contributed by atoms with van der Waals surface area (Å²) >= 11 is 0. The van der Waals surface area contributed by atoms with E-state index in [0.29, 0.717) is 0 Å². The number of primary amides is 1. The third kappa shape index (κ3) is 4.85. The lowest BCUT2D eigenvalue weighted by molar-refractivity contribution is -0.120. The Morgan fingerprint density at radius 1 is 1.53 bits per heavy atom. The van der Waals surface area contributed by atoms with Gasteiger partial charge in [0.05, 0.1) is 0 Å². The Morgan fingerprint density at radius 2 is 2.13 bits per heavy atom. The van der Waals surface area contributed by atoms with E-state index >= 15 is 0 Å². The SMILES string of the molecule is C=CCOC(=O)N[C@H](C(N)=O)[C@H](C)C=C. The van der Waals surface area contributed by atoms with Crippen LogP contribution in [0.4, 0.5) is 4.79 Å². The highest BCUT2D eigenvalue weighted by atomic mass is 16.5. The maximum atomic E-state index is 11.1. The Bertz CT molecular complexity index is 263. The molecule has 0 aromatic rings. The van der Waals surface area contributed by atoms with Crippen LogP contribution in [0.3, 0.4) is 0 Å². The van der Waals surface area contributed by atoms with Gasteiger partial charge in [-0.3, -0.25) is 4.79 Å². The monoisotopic (exact) mass is 212 g/mol. The second-order valence-electron chi connectivity index (χ2n) is 3.01. The Kier molecular flexibility index (Phi) is 5.85. The zero-order valence-electron chi connectivity index (χ0n) is 8.73. The predicted molar refractivity (Wildman–Crippen MR) is 57.0 cm³/mol. The lowest BCUT2D eigenvalue weighted by atomic mass is 10.0. The molecule has 0 rings (SSSR count). The van der Waals surface area contributed by atoms with Crippen molar-refractivity contribution >= 4 is 12.0 Å². The van der Waals surface area contributed by atoms with Crippen molar-refractivity contribution in [2.75, 3.05) is 6.61 Å². The van der Waals surface area contributed by atoms with Crippen molar-refractivity contribution < 1.29 is 14.3 Å². The fraction of sp³-hybridized carbons (Fsp3) is 0.400. The first-order valence-corrected chi connectivity index (χ1v) is 4.49. The smallest absolute Gasteiger partial charge is 0.408 e. The van der Waals surface area contributed by atoms with Crippen LogP contribution in [0.1, 0.15) is 6.92 Å². The van der Waals surface area contributed by atoms with Crippen molar-refractivity contribution in [3.63, 3.8) is 0 Å². The number of hydrogen-bond acceptors (Lipinski definition) is 3. The van der Waals surface area contributed by atoms with Crippen LogP contribution in [0.15, 0.2) is 25.3 Å². The van der Waals surface area contributed by atoms with Crippen LogP contribution < -0.4 is 11.1 Å². The summed E-state index contributed by atoms with van der Waals surface area (Å²) in [6.45, 7) is 8.70. The minimum atomic E-state index is -0.806. The quantitative estimate of drug-likeness (QED) is 0.632. The number of nitrogens with two attached hydrogens (primary N) is 1. The molecular formula is C10H16N2O3. The second-order valence-corrected chi connectivity index (χ2v) is 3.01. The second kappa shape index (κ2) is 6.64. The minimum Gasteiger partial charge on any atom is -0.445 e. The largest absolute Gasteiger partial charge is 0.445 e. The molecule has 0 saturated carbocycles. The van der Waals surface area contributed by atoms with E-state index in [1.54, 1.807) is 6.92 Å². The Balaban J connectivity index is 4.28. The molecule has 0 bridgehead atoms. The topological polar surface area (TPSA) is 81.4 Å². The van der Waals surface area contributed by atoms with Gasteiger partial charge in [0.15, 0.2) is 0 Å². The van der Waals surface area contributed by atoms with Crippen LogP contribution in [0.5, 0.6) is 0 Å². The fourth-order valence-corrected chi connectivity index (χ4v) is 0.901. The van der Waals surface area contributed by atoms with E-state index in [2.05, 4.69) is 23.2 Å². The van der Waals surface area contributed by atoms with Gasteiger partial charge in [-0.05, 0) is 0 Å². The highest BCUT2D eigenvalue weighted by Crippen LogP contribution is 2.03. The summed E-state index contributed by atoms with van der Waals surface area (Å²) in [7, 11) is 0. The number of ether oxygens (including phenoxy) is 1. The first-order valence-electron chi connectivity index (χ1n) is 4.49. The molecule has 5 heteroatoms. The van der Waals surface area contributed by atoms with E-state index in [1.165, 1.54) is 12.2 Å². The zero-order valence-corrected chi connectivity index (χ0v) is 8.73. The molecule has 0 unspecified atom stereocenters. The first kappa shape index (κ1) is 13.2. The van der Waals surface area contributed by atoms with Crippen LogP contribution in [0.2, 0.25) is 0 Å². The molecule has 0 aliphatic rings. The van der Waals surface area contributed by atoms with Gasteiger partial charge < -0.3 is 15.8 Å². The number of amides is 2. The van der Waals surface area contributed by atoms with Crippen molar-refractivity contribution in [2.24, 2.45) is 11.7 Å². The number of nitrogens with one attached hydrogen (secondary N) is 1. The van der Waals surface area contributed by atoms with Crippen LogP contribution in [0, 0.1) is 5.92 Å². The highest BCUT2D eigenvalue weighted by molar-refractivity contribution is 5.84. The summed E-state index contributed by atoms with van der Waals surface area (Å²) < 4.78 is 4.66. The fourth-order valence-electron chi connectivity index (χ4n) is 0.901. The van der Waals surface area contributed by atoms with E-state index in [-0.39, 0.29) is 12.5 Å². The summed E-state index contributed by atoms with van der Waals surface area (Å²) in [6.07, 6.45) is 2.26. The van der Waals surface area contributed by atoms with Gasteiger partial charge in [-0.1, -0.05) is 25.7 Å². The normalized spacial score (nSPS) is 13.4. The molecular weight excluding hydrogens is 196 g/mol. The van der Waals surface area contributed by atoms with Crippen molar-refractivity contribution in [2.45, 2.75) is 13.0 Å². The Labute approximate surface area is 89.0 Å². The van der Waals surface area contributed by atoms with Gasteiger partial charge in [-0.25, -0.2) is 4.79 Å². The maximum Gasteiger partial charge on any atom is 0.408 e. The molecule has 5 nitrogen and oxygen atoms in total. The van der Waals surface area contributed by atoms with Crippen LogP contribution >= 0.6 is 0 Å². The van der Waals surface area contributed by atoms with Gasteiger partial charge in [0, 0.05) is 5.92 Å². The van der Waals surface area contributed by atoms with E-state index in [0.717, 1.165) is 0 Å². The van der Waals surface area contributed by atoms with Gasteiger partial charge >= 0.3 is 6.09 Å². The molecule has 0 radical (unpaired) electrons. The predicted octanol–water partition coefficient (Wildman–Crippen LogP) is 0.575. The molecule has 0 saturated heterocycles. The van der Waals surface area contributed by atoms with Crippen LogP contribution in [-0.4, -0.2) is 24.6 Å². The highest BCUT2D eigenvalue weighted by Gasteiger charge is 2.23. The van der Waals surface area contributed by atoms with Crippen molar-refractivity contribution in [1.82, 2.24) is 5.32 Å². The molecule has 3 N–H and O–H groups in total. The molecule has 15 heavy (non-hydrogen) atoms. The van der Waals surface area contributed by atoms with Crippen molar-refractivity contribution in [3.05, 3.63) is 25.3 Å². The number of rotatable bonds is 6. The van der Waals surface area contributed by atoms with E-state index < -0.39 is 18.0 Å². The summed E-state index contributed by atoms with van der Waals surface area (Å²) in [4.78, 5) is 22.1. The number of hydrogen-bond donors (Lipinski definition) is 2. The van der Waals surface area contributed by atoms with Crippen LogP contribution in [0.25, 0.3) is 0 Å². The third-order valence-corrected chi connectivity index (χ3v) is 1.81. The van der Waals surface area contributed by atoms with Gasteiger partial charge in [0.2, 0.25) is 5.91 Å². The standard InChI is InChI=1S/C10H16N2O3/c1-4-6-15-10(14)12-8(9(11)13)7(3)5-2/h4-5,7-8H,1-2,6H2,3H3,(H2,11,13)(H,12,14)/t7-,8+/m1/s1. The molecule has 84 valence electrons. The summed E-state index contributed by atoms with van der Waals surface area (Å²) in [5.74, 6) is -0.878. The Hall–Kier alpha value is -1.78. The average Bonchev–Trinajstić information content (AvgIpc) is 2.21. The van der Waals surface area contributed by atoms with Gasteiger partial charge in [0.25, 0.3) is 0 Å². The first-order chi connectivity index (χ1) is 7.02. The van der Waals surface area contributed by atoms with E-state index in [1.807, 2.05) is 0 Å². The number of alkyl carbamates (subject to hydrolysis) is 1. The molecule has 0 aliphatic carbocycles. The molecule has 2 atom stereocenters. The maximum absolute atomic E-state index is 11.1. The lowest BCUT2D eigenvalue weighted by Gasteiger charge is -2.18. The molecule has 2 amide bonds. The third-order valence-electron chi connectivity index (χ3n) is 1.81. The molecule has 0 aromatic heterocycles. The Morgan fingerprint density at radius 3 is 2.53 bits per heavy atom. The van der Waals surface area contributed by atoms with Crippen molar-refractivity contribution in [3.8, 4) is 0 Å². The van der Waals surface area contributed by atoms with E-state index in [9.17, 15) is 9.59 Å². The molecule has 0 aliphatic heterocycles. The minimum absolute atomic E-state index is 0.0831. The van der Waals surface area contributed by atoms with Crippen LogP contribution in [-0.2, 0) is 9.53 Å². The lowest BCUT2D eigenvalue weighted by Crippen LogP contribution is -2.48. The van der Waals surface area contributed by atoms with Gasteiger partial charge in [-0.2, -0.15) is 0 Å². The van der Waals surface area contributed by atoms with Crippen molar-refractivity contribution in [1.29, 1.82) is 0 Å². The summed E-state index contributed by atoms with van der Waals surface area (Å²) in [5.41, 5.74) is 5.11. The summed E-state index contributed by atoms with van der Waals surface area (Å²) in [5, 5.41) is 2.35. The molecule has 0 aromatic carbocycles. The average molecular weight is 212 g/mol. The molecule has 0 spiro atoms. The molecule has 0 heterocycles. The van der Waals surface area contributed by atoms with E-state index in [4.69, 9.17) is 5.73 Å². The van der Waals surface area contributed by atoms with Gasteiger partial charge in [0.1, 0.15) is 12.6 Å². The number of carbonyl (C=O) groups is 2.